The lowest BCUT2D eigenvalue weighted by Crippen LogP contribution is -1.98. The van der Waals surface area contributed by atoms with Crippen LogP contribution in [0, 0.1) is 0 Å². The topological polar surface area (TPSA) is 49.2 Å². The maximum absolute atomic E-state index is 6.20. The van der Waals surface area contributed by atoms with Crippen LogP contribution in [0.15, 0.2) is 66.9 Å². The summed E-state index contributed by atoms with van der Waals surface area (Å²) in [6, 6.07) is 17.3. The Balaban J connectivity index is 1.51. The van der Waals surface area contributed by atoms with E-state index in [4.69, 9.17) is 55.9 Å². The zero-order valence-electron chi connectivity index (χ0n) is 15.2. The normalized spacial score (nSPS) is 10.8. The Labute approximate surface area is 192 Å². The third kappa shape index (κ3) is 4.99. The molecule has 1 heterocycles. The second-order valence-electron chi connectivity index (χ2n) is 6.19. The van der Waals surface area contributed by atoms with Crippen molar-refractivity contribution < 1.29 is 9.47 Å². The van der Waals surface area contributed by atoms with Crippen LogP contribution >= 0.6 is 46.4 Å². The van der Waals surface area contributed by atoms with E-state index in [9.17, 15) is 0 Å². The van der Waals surface area contributed by atoms with Crippen molar-refractivity contribution in [3.63, 3.8) is 0 Å². The van der Waals surface area contributed by atoms with Crippen LogP contribution in [0.5, 0.6) is 17.2 Å². The van der Waals surface area contributed by atoms with Gasteiger partial charge in [-0.3, -0.25) is 0 Å². The number of benzene rings is 3. The first-order valence-corrected chi connectivity index (χ1v) is 10.2. The molecular formula is C21H13Cl4N3O2. The lowest BCUT2D eigenvalue weighted by molar-refractivity contribution is 0.287. The summed E-state index contributed by atoms with van der Waals surface area (Å²) in [5.74, 6) is 1.34. The Kier molecular flexibility index (Phi) is 6.35. The van der Waals surface area contributed by atoms with Crippen LogP contribution in [-0.4, -0.2) is 15.0 Å². The fourth-order valence-corrected chi connectivity index (χ4v) is 3.33. The van der Waals surface area contributed by atoms with E-state index in [1.54, 1.807) is 59.4 Å². The third-order valence-corrected chi connectivity index (χ3v) is 5.04. The first-order chi connectivity index (χ1) is 14.5. The molecule has 3 aromatic carbocycles. The van der Waals surface area contributed by atoms with E-state index in [-0.39, 0.29) is 6.61 Å². The number of hydrogen-bond donors (Lipinski definition) is 0. The maximum Gasteiger partial charge on any atom is 0.169 e. The van der Waals surface area contributed by atoms with Crippen molar-refractivity contribution in [2.45, 2.75) is 6.61 Å². The van der Waals surface area contributed by atoms with E-state index in [0.717, 1.165) is 5.69 Å². The average molecular weight is 481 g/mol. The van der Waals surface area contributed by atoms with Gasteiger partial charge in [-0.05, 0) is 54.6 Å². The lowest BCUT2D eigenvalue weighted by Gasteiger charge is -2.13. The molecule has 152 valence electrons. The quantitative estimate of drug-likeness (QED) is 0.291. The van der Waals surface area contributed by atoms with E-state index < -0.39 is 0 Å². The average Bonchev–Trinajstić information content (AvgIpc) is 3.19. The number of nitrogens with zero attached hydrogens (tertiary/aromatic N) is 3. The molecule has 0 bridgehead atoms. The third-order valence-electron chi connectivity index (χ3n) is 4.03. The highest BCUT2D eigenvalue weighted by Crippen LogP contribution is 2.37. The van der Waals surface area contributed by atoms with Crippen LogP contribution in [-0.2, 0) is 6.61 Å². The molecule has 0 aliphatic rings. The molecule has 0 aliphatic heterocycles. The molecule has 9 heteroatoms. The predicted molar refractivity (Wildman–Crippen MR) is 119 cm³/mol. The van der Waals surface area contributed by atoms with Crippen LogP contribution in [0.25, 0.3) is 5.69 Å². The highest BCUT2D eigenvalue weighted by Gasteiger charge is 2.12. The van der Waals surface area contributed by atoms with Crippen molar-refractivity contribution in [1.29, 1.82) is 0 Å². The van der Waals surface area contributed by atoms with Crippen molar-refractivity contribution in [2.24, 2.45) is 0 Å². The molecule has 0 atom stereocenters. The zero-order valence-corrected chi connectivity index (χ0v) is 18.3. The van der Waals surface area contributed by atoms with Gasteiger partial charge in [-0.25, -0.2) is 4.68 Å². The van der Waals surface area contributed by atoms with Gasteiger partial charge in [-0.1, -0.05) is 51.6 Å². The molecule has 0 saturated heterocycles. The molecule has 0 N–H and O–H groups in total. The van der Waals surface area contributed by atoms with Gasteiger partial charge in [0, 0.05) is 21.1 Å². The molecule has 1 aromatic heterocycles. The van der Waals surface area contributed by atoms with Gasteiger partial charge in [0.2, 0.25) is 0 Å². The van der Waals surface area contributed by atoms with Gasteiger partial charge >= 0.3 is 0 Å². The first kappa shape index (κ1) is 20.8. The Morgan fingerprint density at radius 3 is 2.13 bits per heavy atom. The van der Waals surface area contributed by atoms with Crippen LogP contribution in [0.4, 0.5) is 0 Å². The number of aromatic nitrogens is 3. The second kappa shape index (κ2) is 9.14. The molecule has 0 fully saturated rings. The fourth-order valence-electron chi connectivity index (χ4n) is 2.59. The molecule has 4 rings (SSSR count). The summed E-state index contributed by atoms with van der Waals surface area (Å²) in [4.78, 5) is 0. The van der Waals surface area contributed by atoms with Crippen molar-refractivity contribution in [3.8, 4) is 22.9 Å². The van der Waals surface area contributed by atoms with Gasteiger partial charge in [-0.2, -0.15) is 0 Å². The zero-order chi connectivity index (χ0) is 21.1. The van der Waals surface area contributed by atoms with Gasteiger partial charge in [0.25, 0.3) is 0 Å². The van der Waals surface area contributed by atoms with E-state index in [1.165, 1.54) is 0 Å². The van der Waals surface area contributed by atoms with Crippen LogP contribution in [0.1, 0.15) is 5.69 Å². The van der Waals surface area contributed by atoms with Gasteiger partial charge in [0.15, 0.2) is 11.5 Å². The maximum atomic E-state index is 6.20. The summed E-state index contributed by atoms with van der Waals surface area (Å²) in [5.41, 5.74) is 1.46. The Hall–Kier alpha value is -2.44. The number of hydrogen-bond acceptors (Lipinski definition) is 4. The van der Waals surface area contributed by atoms with Gasteiger partial charge < -0.3 is 9.47 Å². The summed E-state index contributed by atoms with van der Waals surface area (Å²) in [7, 11) is 0. The Morgan fingerprint density at radius 1 is 0.733 bits per heavy atom. The number of ether oxygens (including phenoxy) is 2. The highest BCUT2D eigenvalue weighted by molar-refractivity contribution is 6.35. The Bertz CT molecular complexity index is 1180. The van der Waals surface area contributed by atoms with E-state index >= 15 is 0 Å². The highest BCUT2D eigenvalue weighted by atomic mass is 35.5. The molecule has 30 heavy (non-hydrogen) atoms. The number of halogens is 4. The van der Waals surface area contributed by atoms with Crippen molar-refractivity contribution in [1.82, 2.24) is 15.0 Å². The minimum Gasteiger partial charge on any atom is -0.483 e. The molecule has 0 aliphatic carbocycles. The minimum absolute atomic E-state index is 0.165. The van der Waals surface area contributed by atoms with Gasteiger partial charge in [0.1, 0.15) is 18.1 Å². The van der Waals surface area contributed by atoms with Gasteiger partial charge in [-0.15, -0.1) is 5.10 Å². The van der Waals surface area contributed by atoms with E-state index in [0.29, 0.717) is 43.0 Å². The molecule has 5 nitrogen and oxygen atoms in total. The van der Waals surface area contributed by atoms with E-state index in [2.05, 4.69) is 10.3 Å². The second-order valence-corrected chi connectivity index (χ2v) is 7.90. The molecule has 4 aromatic rings. The number of rotatable bonds is 6. The van der Waals surface area contributed by atoms with Crippen LogP contribution in [0.2, 0.25) is 20.1 Å². The lowest BCUT2D eigenvalue weighted by atomic mass is 10.3. The first-order valence-electron chi connectivity index (χ1n) is 8.70. The molecular weight excluding hydrogens is 468 g/mol. The van der Waals surface area contributed by atoms with E-state index in [1.807, 2.05) is 12.1 Å². The summed E-state index contributed by atoms with van der Waals surface area (Å²) in [6.07, 6.45) is 1.77. The molecule has 0 amide bonds. The monoisotopic (exact) mass is 479 g/mol. The standard InChI is InChI=1S/C21H13Cl4N3O2/c22-13-1-5-17(6-2-13)28-11-16(26-27-28)12-29-21-10-15(24)4-8-20(21)30-19-7-3-14(23)9-18(19)25/h1-11H,12H2. The van der Waals surface area contributed by atoms with Crippen molar-refractivity contribution in [3.05, 3.63) is 92.6 Å². The molecule has 0 radical (unpaired) electrons. The summed E-state index contributed by atoms with van der Waals surface area (Å²) >= 11 is 24.2. The SMILES string of the molecule is Clc1ccc(-n2cc(COc3cc(Cl)ccc3Oc3ccc(Cl)cc3Cl)nn2)cc1. The largest absolute Gasteiger partial charge is 0.483 e. The van der Waals surface area contributed by atoms with Crippen LogP contribution < -0.4 is 9.47 Å². The smallest absolute Gasteiger partial charge is 0.169 e. The summed E-state index contributed by atoms with van der Waals surface area (Å²) in [5, 5.41) is 10.3. The summed E-state index contributed by atoms with van der Waals surface area (Å²) < 4.78 is 13.4. The summed E-state index contributed by atoms with van der Waals surface area (Å²) in [6.45, 7) is 0.165. The van der Waals surface area contributed by atoms with Crippen LogP contribution in [0.3, 0.4) is 0 Å². The van der Waals surface area contributed by atoms with Gasteiger partial charge in [0.05, 0.1) is 16.9 Å². The molecule has 0 unspecified atom stereocenters. The fraction of sp³-hybridized carbons (Fsp3) is 0.0476. The predicted octanol–water partition coefficient (Wildman–Crippen LogP) is 7.25. The Morgan fingerprint density at radius 2 is 1.40 bits per heavy atom. The van der Waals surface area contributed by atoms with Crippen molar-refractivity contribution >= 4 is 46.4 Å². The van der Waals surface area contributed by atoms with Crippen molar-refractivity contribution in [2.75, 3.05) is 0 Å². The molecule has 0 spiro atoms. The molecule has 0 saturated carbocycles. The minimum atomic E-state index is 0.165.